The van der Waals surface area contributed by atoms with Crippen LogP contribution in [-0.2, 0) is 6.54 Å². The lowest BCUT2D eigenvalue weighted by Gasteiger charge is -2.08. The molecule has 3 aromatic rings. The summed E-state index contributed by atoms with van der Waals surface area (Å²) in [6.07, 6.45) is 3.04. The Hall–Kier alpha value is -3.48. The summed E-state index contributed by atoms with van der Waals surface area (Å²) in [5.41, 5.74) is 1.58. The Labute approximate surface area is 150 Å². The van der Waals surface area contributed by atoms with Gasteiger partial charge in [-0.05, 0) is 36.4 Å². The zero-order valence-corrected chi connectivity index (χ0v) is 14.3. The predicted molar refractivity (Wildman–Crippen MR) is 97.1 cm³/mol. The van der Waals surface area contributed by atoms with Crippen molar-refractivity contribution in [2.75, 3.05) is 13.7 Å². The molecule has 7 nitrogen and oxygen atoms in total. The number of amides is 1. The molecule has 2 aromatic heterocycles. The van der Waals surface area contributed by atoms with Gasteiger partial charge in [0, 0.05) is 30.9 Å². The maximum absolute atomic E-state index is 12.3. The number of pyridine rings is 1. The molecule has 7 heteroatoms. The molecule has 0 radical (unpaired) electrons. The van der Waals surface area contributed by atoms with Crippen LogP contribution >= 0.6 is 0 Å². The molecule has 0 atom stereocenters. The molecular weight excluding hydrogens is 332 g/mol. The lowest BCUT2D eigenvalue weighted by molar-refractivity contribution is 0.0947. The first-order valence-electron chi connectivity index (χ1n) is 8.07. The molecule has 0 aliphatic rings. The SMILES string of the molecule is COc1ccc(-c2cc(=O)n(CCNC(=O)c3ccccn3)cn2)cc1. The van der Waals surface area contributed by atoms with Gasteiger partial charge in [0.2, 0.25) is 0 Å². The van der Waals surface area contributed by atoms with E-state index in [1.165, 1.54) is 17.0 Å². The van der Waals surface area contributed by atoms with Crippen molar-refractivity contribution >= 4 is 5.91 Å². The van der Waals surface area contributed by atoms with Crippen molar-refractivity contribution in [3.05, 3.63) is 77.1 Å². The topological polar surface area (TPSA) is 86.1 Å². The van der Waals surface area contributed by atoms with Gasteiger partial charge in [-0.15, -0.1) is 0 Å². The number of carbonyl (C=O) groups excluding carboxylic acids is 1. The smallest absolute Gasteiger partial charge is 0.269 e. The summed E-state index contributed by atoms with van der Waals surface area (Å²) in [7, 11) is 1.60. The average Bonchev–Trinajstić information content (AvgIpc) is 2.70. The highest BCUT2D eigenvalue weighted by molar-refractivity contribution is 5.92. The molecule has 1 N–H and O–H groups in total. The van der Waals surface area contributed by atoms with Crippen LogP contribution in [-0.4, -0.2) is 34.1 Å². The Morgan fingerprint density at radius 1 is 1.15 bits per heavy atom. The maximum atomic E-state index is 12.3. The first kappa shape index (κ1) is 17.3. The third-order valence-corrected chi connectivity index (χ3v) is 3.80. The molecule has 0 saturated carbocycles. The Kier molecular flexibility index (Phi) is 5.38. The number of ether oxygens (including phenoxy) is 1. The summed E-state index contributed by atoms with van der Waals surface area (Å²) in [5, 5.41) is 2.73. The molecule has 3 rings (SSSR count). The molecule has 26 heavy (non-hydrogen) atoms. The van der Waals surface area contributed by atoms with E-state index in [4.69, 9.17) is 4.74 Å². The molecule has 2 heterocycles. The standard InChI is InChI=1S/C19H18N4O3/c1-26-15-7-5-14(6-8-15)17-12-18(24)23(13-22-17)11-10-21-19(25)16-4-2-3-9-20-16/h2-9,12-13H,10-11H2,1H3,(H,21,25). The number of hydrogen-bond acceptors (Lipinski definition) is 5. The summed E-state index contributed by atoms with van der Waals surface area (Å²) >= 11 is 0. The van der Waals surface area contributed by atoms with Crippen LogP contribution in [0.15, 0.2) is 65.8 Å². The molecule has 0 aliphatic heterocycles. The summed E-state index contributed by atoms with van der Waals surface area (Å²) in [4.78, 5) is 32.5. The number of benzene rings is 1. The van der Waals surface area contributed by atoms with E-state index in [0.717, 1.165) is 11.3 Å². The van der Waals surface area contributed by atoms with Crippen LogP contribution in [0.5, 0.6) is 5.75 Å². The normalized spacial score (nSPS) is 10.3. The molecule has 132 valence electrons. The van der Waals surface area contributed by atoms with Gasteiger partial charge >= 0.3 is 0 Å². The third kappa shape index (κ3) is 4.13. The number of aromatic nitrogens is 3. The molecule has 1 aromatic carbocycles. The molecule has 0 unspecified atom stereocenters. The Bertz CT molecular complexity index is 937. The van der Waals surface area contributed by atoms with Gasteiger partial charge in [-0.1, -0.05) is 6.07 Å². The van der Waals surface area contributed by atoms with E-state index in [0.29, 0.717) is 24.5 Å². The average molecular weight is 350 g/mol. The number of nitrogens with zero attached hydrogens (tertiary/aromatic N) is 3. The maximum Gasteiger partial charge on any atom is 0.269 e. The van der Waals surface area contributed by atoms with Crippen LogP contribution in [0.3, 0.4) is 0 Å². The number of hydrogen-bond donors (Lipinski definition) is 1. The molecule has 0 saturated heterocycles. The van der Waals surface area contributed by atoms with E-state index in [2.05, 4.69) is 15.3 Å². The minimum absolute atomic E-state index is 0.182. The van der Waals surface area contributed by atoms with Crippen LogP contribution in [0.25, 0.3) is 11.3 Å². The van der Waals surface area contributed by atoms with E-state index in [1.807, 2.05) is 24.3 Å². The van der Waals surface area contributed by atoms with Gasteiger partial charge in [0.15, 0.2) is 0 Å². The van der Waals surface area contributed by atoms with E-state index in [-0.39, 0.29) is 11.5 Å². The number of carbonyl (C=O) groups is 1. The second kappa shape index (κ2) is 8.06. The van der Waals surface area contributed by atoms with E-state index in [1.54, 1.807) is 31.5 Å². The molecular formula is C19H18N4O3. The molecule has 0 spiro atoms. The first-order valence-corrected chi connectivity index (χ1v) is 8.07. The fraction of sp³-hybridized carbons (Fsp3) is 0.158. The van der Waals surface area contributed by atoms with Gasteiger partial charge in [0.1, 0.15) is 11.4 Å². The van der Waals surface area contributed by atoms with Gasteiger partial charge in [-0.25, -0.2) is 4.98 Å². The molecule has 0 aliphatic carbocycles. The highest BCUT2D eigenvalue weighted by Crippen LogP contribution is 2.19. The second-order valence-corrected chi connectivity index (χ2v) is 5.51. The lowest BCUT2D eigenvalue weighted by Crippen LogP contribution is -2.31. The van der Waals surface area contributed by atoms with Crippen molar-refractivity contribution in [1.29, 1.82) is 0 Å². The molecule has 0 bridgehead atoms. The lowest BCUT2D eigenvalue weighted by atomic mass is 10.1. The minimum Gasteiger partial charge on any atom is -0.497 e. The van der Waals surface area contributed by atoms with Crippen LogP contribution in [0, 0.1) is 0 Å². The van der Waals surface area contributed by atoms with Crippen molar-refractivity contribution < 1.29 is 9.53 Å². The van der Waals surface area contributed by atoms with Crippen molar-refractivity contribution in [3.63, 3.8) is 0 Å². The first-order chi connectivity index (χ1) is 12.7. The van der Waals surface area contributed by atoms with Crippen LogP contribution < -0.4 is 15.6 Å². The summed E-state index contributed by atoms with van der Waals surface area (Å²) in [6, 6.07) is 13.9. The van der Waals surface area contributed by atoms with Crippen molar-refractivity contribution in [2.24, 2.45) is 0 Å². The van der Waals surface area contributed by atoms with Gasteiger partial charge in [-0.2, -0.15) is 0 Å². The highest BCUT2D eigenvalue weighted by atomic mass is 16.5. The number of nitrogens with one attached hydrogen (secondary N) is 1. The van der Waals surface area contributed by atoms with E-state index < -0.39 is 0 Å². The Morgan fingerprint density at radius 3 is 2.62 bits per heavy atom. The minimum atomic E-state index is -0.276. The zero-order chi connectivity index (χ0) is 18.4. The van der Waals surface area contributed by atoms with Gasteiger partial charge in [0.25, 0.3) is 11.5 Å². The van der Waals surface area contributed by atoms with E-state index in [9.17, 15) is 9.59 Å². The number of rotatable bonds is 6. The zero-order valence-electron chi connectivity index (χ0n) is 14.3. The van der Waals surface area contributed by atoms with Gasteiger partial charge < -0.3 is 10.1 Å². The summed E-state index contributed by atoms with van der Waals surface area (Å²) < 4.78 is 6.57. The highest BCUT2D eigenvalue weighted by Gasteiger charge is 2.07. The van der Waals surface area contributed by atoms with E-state index >= 15 is 0 Å². The van der Waals surface area contributed by atoms with Crippen LogP contribution in [0.2, 0.25) is 0 Å². The number of methoxy groups -OCH3 is 1. The molecule has 0 fully saturated rings. The van der Waals surface area contributed by atoms with Crippen LogP contribution in [0.1, 0.15) is 10.5 Å². The predicted octanol–water partition coefficient (Wildman–Crippen LogP) is 1.74. The van der Waals surface area contributed by atoms with Crippen molar-refractivity contribution in [1.82, 2.24) is 19.9 Å². The van der Waals surface area contributed by atoms with Crippen molar-refractivity contribution in [3.8, 4) is 17.0 Å². The van der Waals surface area contributed by atoms with Crippen molar-refractivity contribution in [2.45, 2.75) is 6.54 Å². The van der Waals surface area contributed by atoms with Gasteiger partial charge in [-0.3, -0.25) is 19.1 Å². The fourth-order valence-electron chi connectivity index (χ4n) is 2.39. The van der Waals surface area contributed by atoms with Gasteiger partial charge in [0.05, 0.1) is 19.1 Å². The van der Waals surface area contributed by atoms with Crippen LogP contribution in [0.4, 0.5) is 0 Å². The summed E-state index contributed by atoms with van der Waals surface area (Å²) in [6.45, 7) is 0.631. The fourth-order valence-corrected chi connectivity index (χ4v) is 2.39. The summed E-state index contributed by atoms with van der Waals surface area (Å²) in [5.74, 6) is 0.465. The Balaban J connectivity index is 1.62. The third-order valence-electron chi connectivity index (χ3n) is 3.80. The second-order valence-electron chi connectivity index (χ2n) is 5.51. The largest absolute Gasteiger partial charge is 0.497 e. The molecule has 1 amide bonds. The monoisotopic (exact) mass is 350 g/mol. The Morgan fingerprint density at radius 2 is 1.96 bits per heavy atom. The quantitative estimate of drug-likeness (QED) is 0.732.